The van der Waals surface area contributed by atoms with E-state index in [0.717, 1.165) is 13.0 Å². The summed E-state index contributed by atoms with van der Waals surface area (Å²) < 4.78 is 8.04. The van der Waals surface area contributed by atoms with Crippen LogP contribution in [0.3, 0.4) is 0 Å². The van der Waals surface area contributed by atoms with Crippen LogP contribution >= 0.6 is 0 Å². The molecule has 0 amide bonds. The molecular weight excluding hydrogens is 226 g/mol. The monoisotopic (exact) mass is 249 g/mol. The normalized spacial score (nSPS) is 12.0. The summed E-state index contributed by atoms with van der Waals surface area (Å²) in [6, 6.07) is 10.5. The van der Waals surface area contributed by atoms with Gasteiger partial charge in [-0.25, -0.2) is 0 Å². The highest BCUT2D eigenvalue weighted by molar-refractivity contribution is 6.68. The number of rotatable bonds is 6. The molecule has 0 aliphatic carbocycles. The third-order valence-electron chi connectivity index (χ3n) is 2.87. The fourth-order valence-corrected chi connectivity index (χ4v) is 2.97. The van der Waals surface area contributed by atoms with Gasteiger partial charge < -0.3 is 8.99 Å². The Bertz CT molecular complexity index is 348. The third-order valence-corrected chi connectivity index (χ3v) is 5.72. The lowest BCUT2D eigenvalue weighted by Gasteiger charge is -2.31. The minimum absolute atomic E-state index is 0.788. The fraction of sp³-hybridized carbons (Fsp3) is 0.429. The topological polar surface area (TPSA) is 12.5 Å². The first-order chi connectivity index (χ1) is 8.06. The molecule has 0 saturated carbocycles. The first-order valence-corrected chi connectivity index (χ1v) is 8.99. The van der Waals surface area contributed by atoms with Gasteiger partial charge in [0, 0.05) is 6.61 Å². The van der Waals surface area contributed by atoms with Crippen LogP contribution in [0, 0.1) is 0 Å². The van der Waals surface area contributed by atoms with E-state index >= 15 is 0 Å². The Labute approximate surface area is 106 Å². The van der Waals surface area contributed by atoms with Gasteiger partial charge in [-0.05, 0) is 45.2 Å². The van der Waals surface area contributed by atoms with Crippen molar-refractivity contribution in [2.24, 2.45) is 0 Å². The molecule has 1 aromatic rings. The second-order valence-electron chi connectivity index (χ2n) is 4.57. The van der Waals surface area contributed by atoms with Gasteiger partial charge in [-0.15, -0.1) is 0 Å². The number of allylic oxidation sites excluding steroid dienone is 1. The van der Waals surface area contributed by atoms with Gasteiger partial charge in [-0.2, -0.15) is 0 Å². The molecule has 0 fully saturated rings. The van der Waals surface area contributed by atoms with Gasteiger partial charge in [-0.1, -0.05) is 36.4 Å². The summed E-state index contributed by atoms with van der Waals surface area (Å²) in [5.41, 5.74) is 1.34. The van der Waals surface area contributed by atoms with Crippen molar-refractivity contribution in [2.75, 3.05) is 13.7 Å². The van der Waals surface area contributed by atoms with Crippen molar-refractivity contribution in [1.82, 2.24) is 4.57 Å². The van der Waals surface area contributed by atoms with Gasteiger partial charge in [-0.3, -0.25) is 0 Å². The molecule has 0 aliphatic rings. The molecule has 1 rings (SSSR count). The Morgan fingerprint density at radius 1 is 1.24 bits per heavy atom. The fourth-order valence-electron chi connectivity index (χ4n) is 1.60. The van der Waals surface area contributed by atoms with Gasteiger partial charge in [0.25, 0.3) is 8.48 Å². The van der Waals surface area contributed by atoms with Crippen molar-refractivity contribution in [3.05, 3.63) is 48.2 Å². The van der Waals surface area contributed by atoms with Crippen LogP contribution in [0.4, 0.5) is 0 Å². The van der Waals surface area contributed by atoms with Crippen molar-refractivity contribution < 1.29 is 4.43 Å². The summed E-state index contributed by atoms with van der Waals surface area (Å²) in [4.78, 5) is 0. The lowest BCUT2D eigenvalue weighted by atomic mass is 10.1. The Morgan fingerprint density at radius 3 is 2.47 bits per heavy atom. The molecule has 0 atom stereocenters. The minimum atomic E-state index is -1.70. The third kappa shape index (κ3) is 4.75. The molecule has 0 unspecified atom stereocenters. The summed E-state index contributed by atoms with van der Waals surface area (Å²) in [5, 5.41) is 0. The Kier molecular flexibility index (Phi) is 5.45. The second-order valence-corrected chi connectivity index (χ2v) is 8.45. The van der Waals surface area contributed by atoms with E-state index < -0.39 is 8.48 Å². The molecule has 0 saturated heterocycles. The zero-order valence-corrected chi connectivity index (χ0v) is 12.3. The Balaban J connectivity index is 2.48. The second kappa shape index (κ2) is 6.62. The molecule has 0 aromatic heterocycles. The number of hydrogen-bond donors (Lipinski definition) is 0. The van der Waals surface area contributed by atoms with E-state index in [9.17, 15) is 0 Å². The maximum absolute atomic E-state index is 5.81. The molecule has 0 aliphatic heterocycles. The van der Waals surface area contributed by atoms with Crippen LogP contribution in [-0.2, 0) is 10.8 Å². The number of hydrogen-bond acceptors (Lipinski definition) is 2. The summed E-state index contributed by atoms with van der Waals surface area (Å²) in [7, 11) is 0.402. The molecule has 0 bridgehead atoms. The van der Waals surface area contributed by atoms with Crippen LogP contribution in [-0.4, -0.2) is 26.7 Å². The van der Waals surface area contributed by atoms with Gasteiger partial charge in [0.15, 0.2) is 0 Å². The first kappa shape index (κ1) is 14.0. The highest BCUT2D eigenvalue weighted by Crippen LogP contribution is 2.10. The van der Waals surface area contributed by atoms with Crippen molar-refractivity contribution in [3.8, 4) is 0 Å². The molecule has 94 valence electrons. The molecule has 0 spiro atoms. The minimum Gasteiger partial charge on any atom is -0.399 e. The van der Waals surface area contributed by atoms with Gasteiger partial charge in [0.2, 0.25) is 0 Å². The average Bonchev–Trinajstić information content (AvgIpc) is 2.30. The van der Waals surface area contributed by atoms with E-state index in [1.165, 1.54) is 5.56 Å². The first-order valence-electron chi connectivity index (χ1n) is 6.13. The lowest BCUT2D eigenvalue weighted by molar-refractivity contribution is 0.293. The van der Waals surface area contributed by atoms with E-state index in [-0.39, 0.29) is 0 Å². The molecule has 17 heavy (non-hydrogen) atoms. The molecule has 0 radical (unpaired) electrons. The average molecular weight is 249 g/mol. The van der Waals surface area contributed by atoms with E-state index in [0.29, 0.717) is 0 Å². The van der Waals surface area contributed by atoms with Gasteiger partial charge >= 0.3 is 0 Å². The SMILES string of the molecule is CCO[Si](C)(C)N(C)/C=C/Cc1ccccc1. The molecule has 0 N–H and O–H groups in total. The van der Waals surface area contributed by atoms with Crippen LogP contribution < -0.4 is 0 Å². The maximum atomic E-state index is 5.81. The molecule has 2 nitrogen and oxygen atoms in total. The number of nitrogens with zero attached hydrogens (tertiary/aromatic N) is 1. The predicted molar refractivity (Wildman–Crippen MR) is 76.2 cm³/mol. The summed E-state index contributed by atoms with van der Waals surface area (Å²) in [5.74, 6) is 0. The molecule has 1 aromatic carbocycles. The zero-order valence-electron chi connectivity index (χ0n) is 11.3. The standard InChI is InChI=1S/C14H23NOSi/c1-5-16-17(3,4)15(2)13-9-12-14-10-7-6-8-11-14/h6-11,13H,5,12H2,1-4H3/b13-9+. The van der Waals surface area contributed by atoms with Crippen molar-refractivity contribution in [3.63, 3.8) is 0 Å². The van der Waals surface area contributed by atoms with Gasteiger partial charge in [0.05, 0.1) is 0 Å². The Hall–Kier alpha value is -1.06. The van der Waals surface area contributed by atoms with Crippen LogP contribution in [0.5, 0.6) is 0 Å². The van der Waals surface area contributed by atoms with Crippen LogP contribution in [0.25, 0.3) is 0 Å². The maximum Gasteiger partial charge on any atom is 0.293 e. The highest BCUT2D eigenvalue weighted by atomic mass is 28.4. The quantitative estimate of drug-likeness (QED) is 0.716. The van der Waals surface area contributed by atoms with Gasteiger partial charge in [0.1, 0.15) is 0 Å². The van der Waals surface area contributed by atoms with Crippen LogP contribution in [0.2, 0.25) is 13.1 Å². The largest absolute Gasteiger partial charge is 0.399 e. The highest BCUT2D eigenvalue weighted by Gasteiger charge is 2.25. The van der Waals surface area contributed by atoms with Crippen molar-refractivity contribution in [2.45, 2.75) is 26.4 Å². The summed E-state index contributed by atoms with van der Waals surface area (Å²) >= 11 is 0. The smallest absolute Gasteiger partial charge is 0.293 e. The van der Waals surface area contributed by atoms with Crippen LogP contribution in [0.1, 0.15) is 12.5 Å². The lowest BCUT2D eigenvalue weighted by Crippen LogP contribution is -2.45. The number of benzene rings is 1. The van der Waals surface area contributed by atoms with E-state index in [1.807, 2.05) is 6.07 Å². The molecular formula is C14H23NOSi. The van der Waals surface area contributed by atoms with Crippen molar-refractivity contribution >= 4 is 8.48 Å². The zero-order chi connectivity index (χ0) is 12.7. The summed E-state index contributed by atoms with van der Waals surface area (Å²) in [6.45, 7) is 7.26. The van der Waals surface area contributed by atoms with E-state index in [1.54, 1.807) is 0 Å². The summed E-state index contributed by atoms with van der Waals surface area (Å²) in [6.07, 6.45) is 5.32. The van der Waals surface area contributed by atoms with Crippen molar-refractivity contribution in [1.29, 1.82) is 0 Å². The predicted octanol–water partition coefficient (Wildman–Crippen LogP) is 3.41. The molecule has 3 heteroatoms. The van der Waals surface area contributed by atoms with E-state index in [4.69, 9.17) is 4.43 Å². The molecule has 0 heterocycles. The van der Waals surface area contributed by atoms with E-state index in [2.05, 4.69) is 68.2 Å². The van der Waals surface area contributed by atoms with Crippen LogP contribution in [0.15, 0.2) is 42.6 Å². The Morgan fingerprint density at radius 2 is 1.88 bits per heavy atom.